The molecule has 184 valence electrons. The number of hydrogen-bond acceptors (Lipinski definition) is 5. The van der Waals surface area contributed by atoms with E-state index in [9.17, 15) is 14.4 Å². The minimum atomic E-state index is -0.308. The van der Waals surface area contributed by atoms with Crippen LogP contribution in [0.3, 0.4) is 0 Å². The van der Waals surface area contributed by atoms with Crippen molar-refractivity contribution in [2.24, 2.45) is 0 Å². The number of hydrogen-bond donors (Lipinski definition) is 1. The maximum atomic E-state index is 12.9. The Bertz CT molecular complexity index is 1270. The summed E-state index contributed by atoms with van der Waals surface area (Å²) in [6.45, 7) is 6.07. The molecule has 0 spiro atoms. The number of nitrogens with zero attached hydrogens (tertiary/aromatic N) is 2. The van der Waals surface area contributed by atoms with Crippen LogP contribution >= 0.6 is 0 Å². The van der Waals surface area contributed by atoms with Crippen molar-refractivity contribution >= 4 is 17.7 Å². The van der Waals surface area contributed by atoms with Gasteiger partial charge in [0, 0.05) is 31.7 Å². The number of carbonyl (C=O) groups is 3. The summed E-state index contributed by atoms with van der Waals surface area (Å²) in [6.07, 6.45) is 0.244. The zero-order valence-corrected chi connectivity index (χ0v) is 20.3. The van der Waals surface area contributed by atoms with Crippen molar-refractivity contribution in [1.82, 2.24) is 15.1 Å². The van der Waals surface area contributed by atoms with Crippen molar-refractivity contribution in [1.29, 1.82) is 0 Å². The third-order valence-electron chi connectivity index (χ3n) is 6.58. The highest BCUT2D eigenvalue weighted by Gasteiger charge is 2.35. The summed E-state index contributed by atoms with van der Waals surface area (Å²) < 4.78 is 5.62. The fourth-order valence-electron chi connectivity index (χ4n) is 4.79. The van der Waals surface area contributed by atoms with E-state index >= 15 is 0 Å². The first-order valence-corrected chi connectivity index (χ1v) is 12.2. The summed E-state index contributed by atoms with van der Waals surface area (Å²) in [5.41, 5.74) is 4.29. The lowest BCUT2D eigenvalue weighted by Crippen LogP contribution is -2.40. The van der Waals surface area contributed by atoms with E-state index in [1.54, 1.807) is 42.5 Å². The summed E-state index contributed by atoms with van der Waals surface area (Å²) in [5, 5.41) is 2.99. The number of fused-ring (bicyclic) bond motifs is 1. The predicted octanol–water partition coefficient (Wildman–Crippen LogP) is 3.63. The second-order valence-electron chi connectivity index (χ2n) is 9.36. The van der Waals surface area contributed by atoms with Crippen LogP contribution in [0.15, 0.2) is 72.8 Å². The van der Waals surface area contributed by atoms with Gasteiger partial charge >= 0.3 is 0 Å². The zero-order chi connectivity index (χ0) is 25.1. The zero-order valence-electron chi connectivity index (χ0n) is 20.3. The first-order chi connectivity index (χ1) is 17.5. The van der Waals surface area contributed by atoms with Crippen LogP contribution in [0.4, 0.5) is 0 Å². The molecule has 2 heterocycles. The minimum Gasteiger partial charge on any atom is -0.376 e. The van der Waals surface area contributed by atoms with Crippen LogP contribution in [0.2, 0.25) is 0 Å². The molecule has 1 atom stereocenters. The van der Waals surface area contributed by atoms with Crippen molar-refractivity contribution in [3.8, 4) is 0 Å². The Morgan fingerprint density at radius 1 is 0.889 bits per heavy atom. The number of carbonyl (C=O) groups excluding carboxylic acids is 3. The molecule has 5 rings (SSSR count). The maximum Gasteiger partial charge on any atom is 0.261 e. The summed E-state index contributed by atoms with van der Waals surface area (Å²) >= 11 is 0. The van der Waals surface area contributed by atoms with E-state index in [1.165, 1.54) is 10.5 Å². The number of rotatable bonds is 7. The molecule has 1 saturated heterocycles. The monoisotopic (exact) mass is 483 g/mol. The number of morpholine rings is 1. The van der Waals surface area contributed by atoms with Gasteiger partial charge in [-0.1, -0.05) is 48.5 Å². The van der Waals surface area contributed by atoms with Gasteiger partial charge in [0.1, 0.15) is 0 Å². The molecule has 7 heteroatoms. The van der Waals surface area contributed by atoms with Crippen molar-refractivity contribution in [2.45, 2.75) is 32.7 Å². The van der Waals surface area contributed by atoms with Crippen molar-refractivity contribution in [2.75, 3.05) is 19.7 Å². The van der Waals surface area contributed by atoms with Gasteiger partial charge in [0.15, 0.2) is 0 Å². The molecule has 0 aromatic heterocycles. The van der Waals surface area contributed by atoms with E-state index in [0.717, 1.165) is 37.4 Å². The van der Waals surface area contributed by atoms with Crippen LogP contribution in [0, 0.1) is 0 Å². The van der Waals surface area contributed by atoms with Crippen LogP contribution in [-0.4, -0.2) is 53.3 Å². The number of amides is 3. The third kappa shape index (κ3) is 5.22. The molecule has 2 aliphatic heterocycles. The van der Waals surface area contributed by atoms with E-state index in [-0.39, 0.29) is 30.4 Å². The SMILES string of the molecule is CC1CN(Cc2cccc(CNC(=O)c3cccc(CN4C(=O)c5ccccc5C4=O)c3)c2)CCO1. The molecule has 3 aromatic rings. The van der Waals surface area contributed by atoms with Crippen LogP contribution in [0.5, 0.6) is 0 Å². The second kappa shape index (κ2) is 10.4. The molecule has 0 aliphatic carbocycles. The summed E-state index contributed by atoms with van der Waals surface area (Å²) in [5.74, 6) is -0.819. The number of ether oxygens (including phenoxy) is 1. The topological polar surface area (TPSA) is 79.0 Å². The summed E-state index contributed by atoms with van der Waals surface area (Å²) in [4.78, 5) is 41.8. The molecule has 0 saturated carbocycles. The Kier molecular flexibility index (Phi) is 6.93. The molecular weight excluding hydrogens is 454 g/mol. The van der Waals surface area contributed by atoms with Crippen molar-refractivity contribution in [3.05, 3.63) is 106 Å². The number of benzene rings is 3. The standard InChI is InChI=1S/C29H29N3O4/c1-20-17-31(12-13-36-20)18-22-7-4-6-21(14-22)16-30-27(33)24-9-5-8-23(15-24)19-32-28(34)25-10-2-3-11-26(25)29(32)35/h2-11,14-15,20H,12-13,16-19H2,1H3,(H,30,33). The molecule has 1 fully saturated rings. The largest absolute Gasteiger partial charge is 0.376 e. The molecule has 0 radical (unpaired) electrons. The van der Waals surface area contributed by atoms with E-state index in [0.29, 0.717) is 23.2 Å². The molecule has 0 bridgehead atoms. The van der Waals surface area contributed by atoms with Crippen LogP contribution in [0.1, 0.15) is 54.7 Å². The number of nitrogens with one attached hydrogen (secondary N) is 1. The van der Waals surface area contributed by atoms with Crippen molar-refractivity contribution < 1.29 is 19.1 Å². The minimum absolute atomic E-state index is 0.121. The predicted molar refractivity (Wildman–Crippen MR) is 135 cm³/mol. The Balaban J connectivity index is 1.20. The quantitative estimate of drug-likeness (QED) is 0.519. The Morgan fingerprint density at radius 3 is 2.28 bits per heavy atom. The molecule has 1 unspecified atom stereocenters. The van der Waals surface area contributed by atoms with E-state index in [4.69, 9.17) is 4.74 Å². The molecule has 3 amide bonds. The van der Waals surface area contributed by atoms with Gasteiger partial charge in [0.25, 0.3) is 17.7 Å². The molecule has 7 nitrogen and oxygen atoms in total. The normalized spacial score (nSPS) is 17.8. The van der Waals surface area contributed by atoms with Gasteiger partial charge in [0.05, 0.1) is 30.4 Å². The number of imide groups is 1. The van der Waals surface area contributed by atoms with E-state index in [2.05, 4.69) is 29.3 Å². The van der Waals surface area contributed by atoms with Crippen molar-refractivity contribution in [3.63, 3.8) is 0 Å². The molecule has 3 aromatic carbocycles. The van der Waals surface area contributed by atoms with Gasteiger partial charge in [0.2, 0.25) is 0 Å². The lowest BCUT2D eigenvalue weighted by molar-refractivity contribution is -0.0212. The average Bonchev–Trinajstić information content (AvgIpc) is 3.13. The van der Waals surface area contributed by atoms with E-state index < -0.39 is 0 Å². The molecular formula is C29H29N3O4. The van der Waals surface area contributed by atoms with Gasteiger partial charge < -0.3 is 10.1 Å². The summed E-state index contributed by atoms with van der Waals surface area (Å²) in [6, 6.07) is 22.1. The van der Waals surface area contributed by atoms with Gasteiger partial charge in [-0.05, 0) is 47.9 Å². The first kappa shape index (κ1) is 23.9. The van der Waals surface area contributed by atoms with Crippen LogP contribution in [0.25, 0.3) is 0 Å². The Labute approximate surface area is 210 Å². The Hall–Kier alpha value is -3.81. The van der Waals surface area contributed by atoms with Crippen LogP contribution in [-0.2, 0) is 24.4 Å². The fraction of sp³-hybridized carbons (Fsp3) is 0.276. The summed E-state index contributed by atoms with van der Waals surface area (Å²) in [7, 11) is 0. The lowest BCUT2D eigenvalue weighted by atomic mass is 10.1. The highest BCUT2D eigenvalue weighted by atomic mass is 16.5. The average molecular weight is 484 g/mol. The lowest BCUT2D eigenvalue weighted by Gasteiger charge is -2.31. The van der Waals surface area contributed by atoms with Gasteiger partial charge in [-0.25, -0.2) is 0 Å². The highest BCUT2D eigenvalue weighted by Crippen LogP contribution is 2.24. The van der Waals surface area contributed by atoms with Crippen LogP contribution < -0.4 is 5.32 Å². The van der Waals surface area contributed by atoms with Gasteiger partial charge in [-0.15, -0.1) is 0 Å². The molecule has 2 aliphatic rings. The van der Waals surface area contributed by atoms with E-state index in [1.807, 2.05) is 18.2 Å². The van der Waals surface area contributed by atoms with Gasteiger partial charge in [-0.3, -0.25) is 24.2 Å². The highest BCUT2D eigenvalue weighted by molar-refractivity contribution is 6.21. The Morgan fingerprint density at radius 2 is 1.56 bits per heavy atom. The van der Waals surface area contributed by atoms with Gasteiger partial charge in [-0.2, -0.15) is 0 Å². The first-order valence-electron chi connectivity index (χ1n) is 12.2. The fourth-order valence-corrected chi connectivity index (χ4v) is 4.79. The molecule has 1 N–H and O–H groups in total. The maximum absolute atomic E-state index is 12.9. The third-order valence-corrected chi connectivity index (χ3v) is 6.58. The smallest absolute Gasteiger partial charge is 0.261 e. The second-order valence-corrected chi connectivity index (χ2v) is 9.36. The molecule has 36 heavy (non-hydrogen) atoms.